The molecule has 1 unspecified atom stereocenters. The number of carbonyl (C=O) groups excluding carboxylic acids is 2. The second kappa shape index (κ2) is 8.36. The van der Waals surface area contributed by atoms with E-state index in [0.717, 1.165) is 24.5 Å². The maximum atomic E-state index is 13.1. The average Bonchev–Trinajstić information content (AvgIpc) is 2.61. The zero-order valence-corrected chi connectivity index (χ0v) is 15.0. The van der Waals surface area contributed by atoms with E-state index in [1.165, 1.54) is 24.3 Å². The SMILES string of the molecule is CS(=O)(=O)c1ccc(C(=O)COC(=O)CC(O)c2ccc(F)c(F)c2)cc1. The van der Waals surface area contributed by atoms with Crippen LogP contribution in [0.2, 0.25) is 0 Å². The molecule has 0 heterocycles. The summed E-state index contributed by atoms with van der Waals surface area (Å²) in [5, 5.41) is 9.86. The Hall–Kier alpha value is -2.65. The molecule has 0 amide bonds. The number of sulfone groups is 1. The molecule has 0 saturated heterocycles. The highest BCUT2D eigenvalue weighted by atomic mass is 32.2. The van der Waals surface area contributed by atoms with Crippen LogP contribution >= 0.6 is 0 Å². The van der Waals surface area contributed by atoms with Crippen LogP contribution in [0.25, 0.3) is 0 Å². The number of halogens is 2. The molecule has 0 bridgehead atoms. The number of benzene rings is 2. The van der Waals surface area contributed by atoms with Crippen molar-refractivity contribution in [2.24, 2.45) is 0 Å². The summed E-state index contributed by atoms with van der Waals surface area (Å²) in [6.07, 6.45) is -0.938. The zero-order chi connectivity index (χ0) is 20.2. The Bertz CT molecular complexity index is 954. The highest BCUT2D eigenvalue weighted by molar-refractivity contribution is 7.90. The standard InChI is InChI=1S/C18H16F2O6S/c1-27(24,25)13-5-2-11(3-6-13)17(22)10-26-18(23)9-16(21)12-4-7-14(19)15(20)8-12/h2-8,16,21H,9-10H2,1H3. The molecule has 1 atom stereocenters. The van der Waals surface area contributed by atoms with Crippen molar-refractivity contribution in [2.45, 2.75) is 17.4 Å². The Kier molecular flexibility index (Phi) is 6.40. The number of rotatable bonds is 7. The second-order valence-corrected chi connectivity index (χ2v) is 7.79. The lowest BCUT2D eigenvalue weighted by molar-refractivity contribution is -0.144. The number of ether oxygens (including phenoxy) is 1. The Balaban J connectivity index is 1.90. The van der Waals surface area contributed by atoms with Crippen molar-refractivity contribution < 1.29 is 36.6 Å². The predicted molar refractivity (Wildman–Crippen MR) is 90.8 cm³/mol. The summed E-state index contributed by atoms with van der Waals surface area (Å²) >= 11 is 0. The molecule has 0 saturated carbocycles. The van der Waals surface area contributed by atoms with E-state index in [-0.39, 0.29) is 16.0 Å². The number of Topliss-reactive ketones (excluding diaryl/α,β-unsaturated/α-hetero) is 1. The maximum absolute atomic E-state index is 13.1. The van der Waals surface area contributed by atoms with E-state index in [1.807, 2.05) is 0 Å². The van der Waals surface area contributed by atoms with Crippen LogP contribution < -0.4 is 0 Å². The first-order valence-electron chi connectivity index (χ1n) is 7.70. The van der Waals surface area contributed by atoms with Gasteiger partial charge in [-0.2, -0.15) is 0 Å². The maximum Gasteiger partial charge on any atom is 0.309 e. The van der Waals surface area contributed by atoms with Crippen LogP contribution in [0.3, 0.4) is 0 Å². The minimum atomic E-state index is -3.39. The Morgan fingerprint density at radius 3 is 2.26 bits per heavy atom. The van der Waals surface area contributed by atoms with Crippen LogP contribution in [-0.4, -0.2) is 38.1 Å². The summed E-state index contributed by atoms with van der Waals surface area (Å²) in [7, 11) is -3.39. The van der Waals surface area contributed by atoms with Gasteiger partial charge in [-0.3, -0.25) is 9.59 Å². The van der Waals surface area contributed by atoms with Crippen LogP contribution in [0.5, 0.6) is 0 Å². The quantitative estimate of drug-likeness (QED) is 0.567. The molecule has 0 fully saturated rings. The third kappa shape index (κ3) is 5.66. The van der Waals surface area contributed by atoms with Crippen molar-refractivity contribution in [3.63, 3.8) is 0 Å². The lowest BCUT2D eigenvalue weighted by atomic mass is 10.1. The average molecular weight is 398 g/mol. The van der Waals surface area contributed by atoms with Crippen LogP contribution in [0.15, 0.2) is 47.4 Å². The molecule has 0 radical (unpaired) electrons. The Morgan fingerprint density at radius 2 is 1.70 bits per heavy atom. The van der Waals surface area contributed by atoms with Gasteiger partial charge in [0.1, 0.15) is 0 Å². The molecule has 0 aliphatic heterocycles. The van der Waals surface area contributed by atoms with Gasteiger partial charge in [0.15, 0.2) is 33.9 Å². The van der Waals surface area contributed by atoms with Gasteiger partial charge >= 0.3 is 5.97 Å². The third-order valence-corrected chi connectivity index (χ3v) is 4.79. The summed E-state index contributed by atoms with van der Waals surface area (Å²) in [5.41, 5.74) is 0.143. The van der Waals surface area contributed by atoms with Crippen LogP contribution in [-0.2, 0) is 19.4 Å². The van der Waals surface area contributed by atoms with Gasteiger partial charge in [-0.15, -0.1) is 0 Å². The second-order valence-electron chi connectivity index (χ2n) is 5.77. The summed E-state index contributed by atoms with van der Waals surface area (Å²) in [4.78, 5) is 23.7. The molecule has 2 aromatic carbocycles. The molecule has 2 rings (SSSR count). The summed E-state index contributed by atoms with van der Waals surface area (Å²) < 4.78 is 53.5. The molecule has 1 N–H and O–H groups in total. The lowest BCUT2D eigenvalue weighted by Gasteiger charge is -2.11. The summed E-state index contributed by atoms with van der Waals surface area (Å²) in [5.74, 6) is -3.72. The lowest BCUT2D eigenvalue weighted by Crippen LogP contribution is -2.16. The smallest absolute Gasteiger partial charge is 0.309 e. The van der Waals surface area contributed by atoms with E-state index in [2.05, 4.69) is 0 Å². The normalized spacial score (nSPS) is 12.4. The van der Waals surface area contributed by atoms with Gasteiger partial charge < -0.3 is 9.84 Å². The van der Waals surface area contributed by atoms with Crippen molar-refractivity contribution in [1.82, 2.24) is 0 Å². The number of aliphatic hydroxyl groups is 1. The number of aliphatic hydroxyl groups excluding tert-OH is 1. The van der Waals surface area contributed by atoms with Crippen molar-refractivity contribution in [3.05, 3.63) is 65.2 Å². The third-order valence-electron chi connectivity index (χ3n) is 3.66. The molecular weight excluding hydrogens is 382 g/mol. The molecule has 27 heavy (non-hydrogen) atoms. The van der Waals surface area contributed by atoms with Gasteiger partial charge in [0.05, 0.1) is 17.4 Å². The molecular formula is C18H16F2O6S. The fraction of sp³-hybridized carbons (Fsp3) is 0.222. The Morgan fingerprint density at radius 1 is 1.07 bits per heavy atom. The fourth-order valence-corrected chi connectivity index (χ4v) is 2.80. The van der Waals surface area contributed by atoms with E-state index in [0.29, 0.717) is 0 Å². The molecule has 0 aliphatic carbocycles. The summed E-state index contributed by atoms with van der Waals surface area (Å²) in [6.45, 7) is -0.610. The Labute approximate surface area is 154 Å². The van der Waals surface area contributed by atoms with Gasteiger partial charge in [0.25, 0.3) is 0 Å². The topological polar surface area (TPSA) is 97.7 Å². The molecule has 9 heteroatoms. The van der Waals surface area contributed by atoms with Crippen LogP contribution in [0.1, 0.15) is 28.4 Å². The highest BCUT2D eigenvalue weighted by Crippen LogP contribution is 2.19. The minimum Gasteiger partial charge on any atom is -0.457 e. The minimum absolute atomic E-state index is 0.00598. The largest absolute Gasteiger partial charge is 0.457 e. The van der Waals surface area contributed by atoms with Gasteiger partial charge in [-0.25, -0.2) is 17.2 Å². The van der Waals surface area contributed by atoms with Gasteiger partial charge in [0, 0.05) is 11.8 Å². The van der Waals surface area contributed by atoms with E-state index >= 15 is 0 Å². The number of hydrogen-bond acceptors (Lipinski definition) is 6. The molecule has 0 aromatic heterocycles. The highest BCUT2D eigenvalue weighted by Gasteiger charge is 2.18. The van der Waals surface area contributed by atoms with Crippen LogP contribution in [0, 0.1) is 11.6 Å². The van der Waals surface area contributed by atoms with Crippen molar-refractivity contribution in [3.8, 4) is 0 Å². The van der Waals surface area contributed by atoms with E-state index in [1.54, 1.807) is 0 Å². The molecule has 2 aromatic rings. The van der Waals surface area contributed by atoms with Gasteiger partial charge in [-0.1, -0.05) is 6.07 Å². The van der Waals surface area contributed by atoms with Crippen molar-refractivity contribution in [2.75, 3.05) is 12.9 Å². The number of carbonyl (C=O) groups is 2. The molecule has 6 nitrogen and oxygen atoms in total. The molecule has 144 valence electrons. The zero-order valence-electron chi connectivity index (χ0n) is 14.2. The number of ketones is 1. The molecule has 0 spiro atoms. The number of hydrogen-bond donors (Lipinski definition) is 1. The van der Waals surface area contributed by atoms with E-state index in [9.17, 15) is 31.9 Å². The van der Waals surface area contributed by atoms with E-state index < -0.39 is 52.4 Å². The first-order chi connectivity index (χ1) is 12.6. The van der Waals surface area contributed by atoms with Crippen molar-refractivity contribution >= 4 is 21.6 Å². The van der Waals surface area contributed by atoms with Gasteiger partial charge in [-0.05, 0) is 42.0 Å². The van der Waals surface area contributed by atoms with Crippen LogP contribution in [0.4, 0.5) is 8.78 Å². The fourth-order valence-electron chi connectivity index (χ4n) is 2.17. The first-order valence-corrected chi connectivity index (χ1v) is 9.59. The molecule has 0 aliphatic rings. The van der Waals surface area contributed by atoms with Crippen molar-refractivity contribution in [1.29, 1.82) is 0 Å². The first kappa shape index (κ1) is 20.7. The summed E-state index contributed by atoms with van der Waals surface area (Å²) in [6, 6.07) is 7.83. The monoisotopic (exact) mass is 398 g/mol. The number of esters is 1. The van der Waals surface area contributed by atoms with E-state index in [4.69, 9.17) is 4.74 Å². The predicted octanol–water partition coefficient (Wildman–Crippen LogP) is 2.22. The van der Waals surface area contributed by atoms with Gasteiger partial charge in [0.2, 0.25) is 0 Å².